The molecule has 14 nitrogen and oxygen atoms in total. The zero-order chi connectivity index (χ0) is 42.9. The van der Waals surface area contributed by atoms with Gasteiger partial charge in [0.1, 0.15) is 17.3 Å². The molecule has 0 radical (unpaired) electrons. The molecule has 0 saturated carbocycles. The molecule has 63 heavy (non-hydrogen) atoms. The molecule has 0 unspecified atom stereocenters. The standard InChI is InChI=1S/C48H53FN10O4/c1-30-22-38(23-31(2)45(30)49)59-46(44-32(3)55(11-8-41(44)52-59)47(60)42-26-35-24-34(4-6-40(35)51-42)33-9-20-62-21-10-33)57-18-17-56(48(57)61)37-5-7-43-36(25-37)27-50-58(43)19-14-53-12-15-54(16-13-53)39-28-63-29-39/h4-7,17-18,22-27,32-33,39,51H,8-16,19-21,28-29H2,1-3H3/t32-/m0/s1. The molecule has 4 aromatic heterocycles. The van der Waals surface area contributed by atoms with Crippen LogP contribution in [0.4, 0.5) is 4.39 Å². The van der Waals surface area contributed by atoms with Crippen molar-refractivity contribution in [3.8, 4) is 17.2 Å². The molecule has 11 rings (SSSR count). The molecule has 7 aromatic rings. The number of carbonyl (C=O) groups excluding carboxylic acids is 1. The number of ether oxygens (including phenoxy) is 2. The second-order valence-corrected chi connectivity index (χ2v) is 17.8. The Morgan fingerprint density at radius 3 is 2.40 bits per heavy atom. The number of halogens is 1. The predicted molar refractivity (Wildman–Crippen MR) is 238 cm³/mol. The first-order valence-corrected chi connectivity index (χ1v) is 22.4. The number of nitrogens with zero attached hydrogens (tertiary/aromatic N) is 9. The molecule has 3 saturated heterocycles. The molecule has 0 bridgehead atoms. The van der Waals surface area contributed by atoms with E-state index < -0.39 is 6.04 Å². The third-order valence-electron chi connectivity index (χ3n) is 14.0. The van der Waals surface area contributed by atoms with Crippen LogP contribution in [0.25, 0.3) is 39.0 Å². The van der Waals surface area contributed by atoms with Crippen LogP contribution < -0.4 is 5.69 Å². The summed E-state index contributed by atoms with van der Waals surface area (Å²) in [6, 6.07) is 18.0. The van der Waals surface area contributed by atoms with E-state index in [0.29, 0.717) is 58.9 Å². The molecule has 3 fully saturated rings. The molecular formula is C48H53FN10O4. The smallest absolute Gasteiger partial charge is 0.338 e. The van der Waals surface area contributed by atoms with Gasteiger partial charge in [-0.15, -0.1) is 0 Å². The summed E-state index contributed by atoms with van der Waals surface area (Å²) in [6.07, 6.45) is 7.86. The summed E-state index contributed by atoms with van der Waals surface area (Å²) >= 11 is 0. The van der Waals surface area contributed by atoms with E-state index >= 15 is 4.39 Å². The number of amides is 1. The van der Waals surface area contributed by atoms with Gasteiger partial charge in [-0.3, -0.25) is 28.4 Å². The Bertz CT molecular complexity index is 2900. The van der Waals surface area contributed by atoms with E-state index in [1.807, 2.05) is 47.0 Å². The number of nitrogens with one attached hydrogen (secondary N) is 1. The monoisotopic (exact) mass is 852 g/mol. The van der Waals surface area contributed by atoms with Crippen LogP contribution in [0.5, 0.6) is 0 Å². The summed E-state index contributed by atoms with van der Waals surface area (Å²) in [5.41, 5.74) is 7.30. The van der Waals surface area contributed by atoms with Crippen molar-refractivity contribution in [1.29, 1.82) is 0 Å². The van der Waals surface area contributed by atoms with Crippen LogP contribution in [0, 0.1) is 19.7 Å². The van der Waals surface area contributed by atoms with Gasteiger partial charge in [0.25, 0.3) is 5.91 Å². The van der Waals surface area contributed by atoms with E-state index in [1.165, 1.54) is 5.56 Å². The number of H-pyrrole nitrogens is 1. The van der Waals surface area contributed by atoms with Gasteiger partial charge in [-0.05, 0) is 105 Å². The normalized spacial score (nSPS) is 19.3. The highest BCUT2D eigenvalue weighted by Crippen LogP contribution is 2.37. The quantitative estimate of drug-likeness (QED) is 0.186. The summed E-state index contributed by atoms with van der Waals surface area (Å²) in [5.74, 6) is 0.574. The lowest BCUT2D eigenvalue weighted by Gasteiger charge is -2.42. The van der Waals surface area contributed by atoms with E-state index in [2.05, 4.69) is 33.0 Å². The van der Waals surface area contributed by atoms with Gasteiger partial charge in [0.2, 0.25) is 0 Å². The summed E-state index contributed by atoms with van der Waals surface area (Å²) in [4.78, 5) is 39.5. The molecule has 1 atom stereocenters. The van der Waals surface area contributed by atoms with E-state index in [1.54, 1.807) is 52.2 Å². The third-order valence-corrected chi connectivity index (χ3v) is 14.0. The number of hydrogen-bond donors (Lipinski definition) is 1. The van der Waals surface area contributed by atoms with Gasteiger partial charge in [-0.1, -0.05) is 6.07 Å². The zero-order valence-corrected chi connectivity index (χ0v) is 36.1. The summed E-state index contributed by atoms with van der Waals surface area (Å²) < 4.78 is 33.0. The molecule has 3 aromatic carbocycles. The maximum atomic E-state index is 15.0. The number of hydrogen-bond acceptors (Lipinski definition) is 8. The highest BCUT2D eigenvalue weighted by molar-refractivity contribution is 5.98. The molecule has 0 aliphatic carbocycles. The zero-order valence-electron chi connectivity index (χ0n) is 36.1. The first-order chi connectivity index (χ1) is 30.7. The Morgan fingerprint density at radius 1 is 0.857 bits per heavy atom. The average molecular weight is 853 g/mol. The van der Waals surface area contributed by atoms with Gasteiger partial charge >= 0.3 is 5.69 Å². The van der Waals surface area contributed by atoms with Crippen molar-refractivity contribution in [3.63, 3.8) is 0 Å². The van der Waals surface area contributed by atoms with Crippen molar-refractivity contribution in [1.82, 2.24) is 48.4 Å². The van der Waals surface area contributed by atoms with Gasteiger partial charge in [-0.25, -0.2) is 13.9 Å². The van der Waals surface area contributed by atoms with Crippen molar-refractivity contribution < 1.29 is 18.7 Å². The number of benzene rings is 3. The van der Waals surface area contributed by atoms with Crippen LogP contribution in [-0.2, 0) is 22.4 Å². The number of rotatable bonds is 9. The maximum Gasteiger partial charge on any atom is 0.338 e. The fourth-order valence-corrected chi connectivity index (χ4v) is 10.3. The van der Waals surface area contributed by atoms with Gasteiger partial charge in [0.15, 0.2) is 0 Å². The molecule has 1 N–H and O–H groups in total. The number of aromatic nitrogens is 7. The van der Waals surface area contributed by atoms with E-state index in [0.717, 1.165) is 112 Å². The molecule has 4 aliphatic heterocycles. The van der Waals surface area contributed by atoms with E-state index in [-0.39, 0.29) is 17.4 Å². The molecule has 0 spiro atoms. The number of fused-ring (bicyclic) bond motifs is 3. The van der Waals surface area contributed by atoms with E-state index in [9.17, 15) is 9.59 Å². The van der Waals surface area contributed by atoms with Gasteiger partial charge in [0.05, 0.1) is 60.6 Å². The molecule has 4 aliphatic rings. The van der Waals surface area contributed by atoms with Crippen LogP contribution in [-0.4, -0.2) is 126 Å². The first kappa shape index (κ1) is 39.9. The van der Waals surface area contributed by atoms with Crippen LogP contribution in [0.15, 0.2) is 78.0 Å². The van der Waals surface area contributed by atoms with Crippen molar-refractivity contribution >= 4 is 27.7 Å². The van der Waals surface area contributed by atoms with E-state index in [4.69, 9.17) is 19.7 Å². The molecule has 8 heterocycles. The van der Waals surface area contributed by atoms with Gasteiger partial charge in [-0.2, -0.15) is 10.2 Å². The Balaban J connectivity index is 0.898. The lowest BCUT2D eigenvalue weighted by Crippen LogP contribution is -2.56. The Labute approximate surface area is 364 Å². The molecule has 1 amide bonds. The minimum absolute atomic E-state index is 0.120. The van der Waals surface area contributed by atoms with Gasteiger partial charge < -0.3 is 19.4 Å². The lowest BCUT2D eigenvalue weighted by atomic mass is 9.91. The van der Waals surface area contributed by atoms with Crippen molar-refractivity contribution in [3.05, 3.63) is 123 Å². The largest absolute Gasteiger partial charge is 0.381 e. The fraction of sp³-hybridized carbons (Fsp3) is 0.417. The third kappa shape index (κ3) is 7.11. The summed E-state index contributed by atoms with van der Waals surface area (Å²) in [6.45, 7) is 15.1. The fourth-order valence-electron chi connectivity index (χ4n) is 10.3. The van der Waals surface area contributed by atoms with Crippen molar-refractivity contribution in [2.75, 3.05) is 65.7 Å². The lowest BCUT2D eigenvalue weighted by molar-refractivity contribution is -0.0769. The first-order valence-electron chi connectivity index (χ1n) is 22.4. The number of aryl methyl sites for hydroxylation is 2. The van der Waals surface area contributed by atoms with Gasteiger partial charge in [0, 0.05) is 93.1 Å². The summed E-state index contributed by atoms with van der Waals surface area (Å²) in [5, 5.41) is 11.8. The molecule has 15 heteroatoms. The number of piperazine rings is 1. The second-order valence-electron chi connectivity index (χ2n) is 17.8. The van der Waals surface area contributed by atoms with Crippen LogP contribution in [0.1, 0.15) is 70.2 Å². The Kier molecular flexibility index (Phi) is 10.2. The minimum Gasteiger partial charge on any atom is -0.381 e. The topological polar surface area (TPSA) is 124 Å². The molecule has 326 valence electrons. The maximum absolute atomic E-state index is 15.0. The van der Waals surface area contributed by atoms with Crippen molar-refractivity contribution in [2.24, 2.45) is 0 Å². The Hall–Kier alpha value is -5.87. The van der Waals surface area contributed by atoms with Crippen molar-refractivity contribution in [2.45, 2.75) is 64.6 Å². The molecular weight excluding hydrogens is 800 g/mol. The minimum atomic E-state index is -0.435. The number of carbonyl (C=O) groups is 1. The van der Waals surface area contributed by atoms with Crippen LogP contribution >= 0.6 is 0 Å². The van der Waals surface area contributed by atoms with Crippen LogP contribution in [0.3, 0.4) is 0 Å². The predicted octanol–water partition coefficient (Wildman–Crippen LogP) is 6.07. The second kappa shape index (κ2) is 16.0. The number of aromatic amines is 1. The highest BCUT2D eigenvalue weighted by Gasteiger charge is 2.36. The highest BCUT2D eigenvalue weighted by atomic mass is 19.1. The van der Waals surface area contributed by atoms with Crippen LogP contribution in [0.2, 0.25) is 0 Å². The Morgan fingerprint density at radius 2 is 1.63 bits per heavy atom. The average Bonchev–Trinajstić information content (AvgIpc) is 4.08. The summed E-state index contributed by atoms with van der Waals surface area (Å²) in [7, 11) is 0. The number of imidazole rings is 1. The SMILES string of the molecule is Cc1cc(-n2nc3c(c2-n2ccn(-c4ccc5c(cnn5CCN5CCN(C6COC6)CC5)c4)c2=O)[C@H](C)N(C(=O)c2cc4cc(C5CCOCC5)ccc4[nH]2)CC3)cc(C)c1F.